The summed E-state index contributed by atoms with van der Waals surface area (Å²) in [6.45, 7) is 1.46. The van der Waals surface area contributed by atoms with Crippen molar-refractivity contribution in [2.75, 3.05) is 25.6 Å². The standard InChI is InChI=1S/C20H21N3O7/c1-3-29-17-10-13(4-9-16(17)30-12-18(24)25)11-21-23-20(27)19(26)22-14-5-7-15(28-2)8-6-14/h4-11H,3,12H2,1-2H3,(H,22,26)(H,23,27)(H,24,25)/p-1/b21-11-. The lowest BCUT2D eigenvalue weighted by molar-refractivity contribution is -0.307. The van der Waals surface area contributed by atoms with Gasteiger partial charge in [0.2, 0.25) is 0 Å². The van der Waals surface area contributed by atoms with Gasteiger partial charge >= 0.3 is 11.8 Å². The van der Waals surface area contributed by atoms with Crippen LogP contribution in [0, 0.1) is 0 Å². The Kier molecular flexibility index (Phi) is 8.18. The normalized spacial score (nSPS) is 10.3. The van der Waals surface area contributed by atoms with Crippen molar-refractivity contribution in [2.24, 2.45) is 5.10 Å². The smallest absolute Gasteiger partial charge is 0.329 e. The van der Waals surface area contributed by atoms with Crippen LogP contribution in [0.3, 0.4) is 0 Å². The van der Waals surface area contributed by atoms with Crippen LogP contribution in [0.15, 0.2) is 47.6 Å². The van der Waals surface area contributed by atoms with Crippen LogP contribution in [0.5, 0.6) is 17.2 Å². The van der Waals surface area contributed by atoms with E-state index in [1.165, 1.54) is 19.4 Å². The van der Waals surface area contributed by atoms with E-state index in [0.717, 1.165) is 0 Å². The van der Waals surface area contributed by atoms with Crippen molar-refractivity contribution >= 4 is 29.7 Å². The molecule has 0 saturated carbocycles. The van der Waals surface area contributed by atoms with Gasteiger partial charge in [-0.1, -0.05) is 0 Å². The highest BCUT2D eigenvalue weighted by molar-refractivity contribution is 6.39. The third kappa shape index (κ3) is 6.82. The number of benzene rings is 2. The molecule has 0 aliphatic rings. The van der Waals surface area contributed by atoms with Crippen molar-refractivity contribution in [1.29, 1.82) is 0 Å². The zero-order valence-electron chi connectivity index (χ0n) is 16.3. The first-order valence-electron chi connectivity index (χ1n) is 8.81. The molecule has 0 saturated heterocycles. The molecule has 0 atom stereocenters. The minimum atomic E-state index is -1.36. The van der Waals surface area contributed by atoms with Crippen molar-refractivity contribution in [3.05, 3.63) is 48.0 Å². The van der Waals surface area contributed by atoms with Crippen molar-refractivity contribution < 1.29 is 33.7 Å². The Bertz CT molecular complexity index is 926. The number of hydrogen-bond acceptors (Lipinski definition) is 8. The molecule has 2 aromatic carbocycles. The van der Waals surface area contributed by atoms with Gasteiger partial charge in [-0.25, -0.2) is 5.43 Å². The van der Waals surface area contributed by atoms with Crippen LogP contribution in [0.1, 0.15) is 12.5 Å². The molecule has 2 N–H and O–H groups in total. The van der Waals surface area contributed by atoms with E-state index in [4.69, 9.17) is 14.2 Å². The molecule has 0 bridgehead atoms. The zero-order chi connectivity index (χ0) is 21.9. The van der Waals surface area contributed by atoms with Gasteiger partial charge in [0.15, 0.2) is 11.5 Å². The van der Waals surface area contributed by atoms with E-state index in [0.29, 0.717) is 29.4 Å². The maximum absolute atomic E-state index is 11.9. The number of amides is 2. The summed E-state index contributed by atoms with van der Waals surface area (Å²) in [5.74, 6) is -2.07. The molecule has 2 rings (SSSR count). The van der Waals surface area contributed by atoms with Crippen LogP contribution in [-0.4, -0.2) is 44.3 Å². The average Bonchev–Trinajstić information content (AvgIpc) is 2.73. The van der Waals surface area contributed by atoms with Crippen molar-refractivity contribution in [1.82, 2.24) is 5.43 Å². The Morgan fingerprint density at radius 1 is 1.03 bits per heavy atom. The first kappa shape index (κ1) is 22.2. The highest BCUT2D eigenvalue weighted by Gasteiger charge is 2.13. The minimum absolute atomic E-state index is 0.223. The van der Waals surface area contributed by atoms with E-state index in [-0.39, 0.29) is 5.75 Å². The number of aliphatic carboxylic acids is 1. The number of nitrogens with zero attached hydrogens (tertiary/aromatic N) is 1. The molecule has 0 aromatic heterocycles. The number of hydrazone groups is 1. The van der Waals surface area contributed by atoms with Crippen LogP contribution in [0.4, 0.5) is 5.69 Å². The number of carboxylic acid groups (broad SMARTS) is 1. The van der Waals surface area contributed by atoms with Gasteiger partial charge in [0, 0.05) is 5.69 Å². The van der Waals surface area contributed by atoms with E-state index in [2.05, 4.69) is 15.8 Å². The number of nitrogens with one attached hydrogen (secondary N) is 2. The fraction of sp³-hybridized carbons (Fsp3) is 0.200. The van der Waals surface area contributed by atoms with Gasteiger partial charge < -0.3 is 29.4 Å². The SMILES string of the molecule is CCOc1cc(/C=N\NC(=O)C(=O)Nc2ccc(OC)cc2)ccc1OCC(=O)[O-]. The largest absolute Gasteiger partial charge is 0.546 e. The third-order valence-electron chi connectivity index (χ3n) is 3.55. The molecule has 0 aliphatic carbocycles. The highest BCUT2D eigenvalue weighted by atomic mass is 16.5. The van der Waals surface area contributed by atoms with E-state index in [1.807, 2.05) is 0 Å². The number of carbonyl (C=O) groups is 3. The first-order chi connectivity index (χ1) is 14.4. The molecule has 0 fully saturated rings. The molecule has 0 unspecified atom stereocenters. The van der Waals surface area contributed by atoms with Crippen molar-refractivity contribution in [3.8, 4) is 17.2 Å². The summed E-state index contributed by atoms with van der Waals surface area (Å²) in [4.78, 5) is 34.3. The summed E-state index contributed by atoms with van der Waals surface area (Å²) in [7, 11) is 1.52. The predicted octanol–water partition coefficient (Wildman–Crippen LogP) is 0.311. The Hall–Kier alpha value is -4.08. The molecule has 2 aromatic rings. The lowest BCUT2D eigenvalue weighted by atomic mass is 10.2. The number of ether oxygens (including phenoxy) is 3. The van der Waals surface area contributed by atoms with E-state index >= 15 is 0 Å². The molecule has 10 nitrogen and oxygen atoms in total. The lowest BCUT2D eigenvalue weighted by Gasteiger charge is -2.12. The number of anilines is 1. The van der Waals surface area contributed by atoms with Crippen LogP contribution in [-0.2, 0) is 14.4 Å². The first-order valence-corrected chi connectivity index (χ1v) is 8.81. The van der Waals surface area contributed by atoms with Gasteiger partial charge in [0.05, 0.1) is 25.9 Å². The third-order valence-corrected chi connectivity index (χ3v) is 3.55. The summed E-state index contributed by atoms with van der Waals surface area (Å²) in [5.41, 5.74) is 3.06. The monoisotopic (exact) mass is 414 g/mol. The van der Waals surface area contributed by atoms with Crippen LogP contribution in [0.2, 0.25) is 0 Å². The van der Waals surface area contributed by atoms with Crippen LogP contribution >= 0.6 is 0 Å². The second kappa shape index (κ2) is 11.1. The van der Waals surface area contributed by atoms with Gasteiger partial charge in [0.25, 0.3) is 0 Å². The maximum atomic E-state index is 11.9. The van der Waals surface area contributed by atoms with Gasteiger partial charge in [0.1, 0.15) is 12.4 Å². The Morgan fingerprint density at radius 2 is 1.77 bits per heavy atom. The Morgan fingerprint density at radius 3 is 2.40 bits per heavy atom. The van der Waals surface area contributed by atoms with Crippen molar-refractivity contribution in [2.45, 2.75) is 6.92 Å². The average molecular weight is 414 g/mol. The molecule has 0 radical (unpaired) electrons. The Labute approximate surface area is 172 Å². The topological polar surface area (TPSA) is 138 Å². The molecule has 10 heteroatoms. The van der Waals surface area contributed by atoms with Gasteiger partial charge in [-0.15, -0.1) is 0 Å². The fourth-order valence-corrected chi connectivity index (χ4v) is 2.21. The van der Waals surface area contributed by atoms with Crippen LogP contribution in [0.25, 0.3) is 0 Å². The van der Waals surface area contributed by atoms with E-state index in [1.54, 1.807) is 43.3 Å². The summed E-state index contributed by atoms with van der Waals surface area (Å²) in [6.07, 6.45) is 1.30. The summed E-state index contributed by atoms with van der Waals surface area (Å²) < 4.78 is 15.5. The molecule has 0 spiro atoms. The molecular formula is C20H20N3O7-. The minimum Gasteiger partial charge on any atom is -0.546 e. The fourth-order valence-electron chi connectivity index (χ4n) is 2.21. The molecule has 158 valence electrons. The number of methoxy groups -OCH3 is 1. The molecule has 0 aliphatic heterocycles. The van der Waals surface area contributed by atoms with Crippen LogP contribution < -0.4 is 30.1 Å². The van der Waals surface area contributed by atoms with Crippen molar-refractivity contribution in [3.63, 3.8) is 0 Å². The summed E-state index contributed by atoms with van der Waals surface area (Å²) in [5, 5.41) is 16.7. The number of rotatable bonds is 9. The number of hydrogen-bond donors (Lipinski definition) is 2. The Balaban J connectivity index is 1.95. The maximum Gasteiger partial charge on any atom is 0.329 e. The van der Waals surface area contributed by atoms with Gasteiger partial charge in [-0.2, -0.15) is 5.10 Å². The molecule has 30 heavy (non-hydrogen) atoms. The molecule has 0 heterocycles. The quantitative estimate of drug-likeness (QED) is 0.342. The second-order valence-electron chi connectivity index (χ2n) is 5.68. The molecular weight excluding hydrogens is 394 g/mol. The highest BCUT2D eigenvalue weighted by Crippen LogP contribution is 2.28. The number of carboxylic acids is 1. The lowest BCUT2D eigenvalue weighted by Crippen LogP contribution is -2.32. The van der Waals surface area contributed by atoms with E-state index < -0.39 is 24.4 Å². The zero-order valence-corrected chi connectivity index (χ0v) is 16.3. The predicted molar refractivity (Wildman–Crippen MR) is 105 cm³/mol. The molecule has 2 amide bonds. The van der Waals surface area contributed by atoms with E-state index in [9.17, 15) is 19.5 Å². The summed E-state index contributed by atoms with van der Waals surface area (Å²) in [6, 6.07) is 11.1. The summed E-state index contributed by atoms with van der Waals surface area (Å²) >= 11 is 0. The second-order valence-corrected chi connectivity index (χ2v) is 5.68. The van der Waals surface area contributed by atoms with Gasteiger partial charge in [-0.05, 0) is 55.0 Å². The van der Waals surface area contributed by atoms with Gasteiger partial charge in [-0.3, -0.25) is 9.59 Å². The number of carbonyl (C=O) groups excluding carboxylic acids is 3.